The van der Waals surface area contributed by atoms with Gasteiger partial charge in [0.25, 0.3) is 0 Å². The minimum absolute atomic E-state index is 0.154. The fraction of sp³-hybridized carbons (Fsp3) is 0.312. The largest absolute Gasteiger partial charge is 0.301 e. The molecule has 0 atom stereocenters. The highest BCUT2D eigenvalue weighted by atomic mass is 32.1. The number of hydrogen-bond acceptors (Lipinski definition) is 4. The molecule has 108 valence electrons. The fourth-order valence-electron chi connectivity index (χ4n) is 1.98. The molecular formula is C16H17N3OS. The number of amides is 1. The van der Waals surface area contributed by atoms with Gasteiger partial charge in [0.15, 0.2) is 5.13 Å². The normalized spacial score (nSPS) is 10.4. The molecule has 2 aromatic rings. The number of nitrogens with one attached hydrogen (secondary N) is 1. The van der Waals surface area contributed by atoms with Gasteiger partial charge in [-0.25, -0.2) is 4.98 Å². The Morgan fingerprint density at radius 1 is 1.38 bits per heavy atom. The van der Waals surface area contributed by atoms with Gasteiger partial charge in [-0.05, 0) is 17.9 Å². The smallest absolute Gasteiger partial charge is 0.240 e. The standard InChI is InChI=1S/C16H17N3OS/c1-11(2)9-12-3-5-13(6-4-12)14-10-21-16(18-14)19-15(20)7-8-17/h3-6,10-11H,7,9H2,1-2H3,(H,18,19,20). The zero-order chi connectivity index (χ0) is 15.2. The highest BCUT2D eigenvalue weighted by Gasteiger charge is 2.08. The molecule has 1 aromatic heterocycles. The van der Waals surface area contributed by atoms with Crippen molar-refractivity contribution in [3.8, 4) is 17.3 Å². The van der Waals surface area contributed by atoms with E-state index in [2.05, 4.69) is 36.3 Å². The number of anilines is 1. The van der Waals surface area contributed by atoms with Crippen LogP contribution in [0.2, 0.25) is 0 Å². The maximum atomic E-state index is 11.3. The Labute approximate surface area is 128 Å². The molecule has 2 rings (SSSR count). The van der Waals surface area contributed by atoms with Crippen LogP contribution in [0, 0.1) is 17.2 Å². The van der Waals surface area contributed by atoms with Crippen molar-refractivity contribution in [1.29, 1.82) is 5.26 Å². The third-order valence-electron chi connectivity index (χ3n) is 2.88. The Morgan fingerprint density at radius 2 is 2.10 bits per heavy atom. The van der Waals surface area contributed by atoms with Crippen LogP contribution in [-0.2, 0) is 11.2 Å². The van der Waals surface area contributed by atoms with Gasteiger partial charge in [-0.2, -0.15) is 5.26 Å². The Kier molecular flexibility index (Phi) is 5.07. The van der Waals surface area contributed by atoms with E-state index in [1.54, 1.807) is 0 Å². The average Bonchev–Trinajstić information content (AvgIpc) is 2.87. The summed E-state index contributed by atoms with van der Waals surface area (Å²) in [5.41, 5.74) is 3.18. The van der Waals surface area contributed by atoms with Crippen LogP contribution >= 0.6 is 11.3 Å². The molecule has 0 saturated heterocycles. The molecule has 0 aliphatic carbocycles. The van der Waals surface area contributed by atoms with Crippen molar-refractivity contribution in [2.45, 2.75) is 26.7 Å². The summed E-state index contributed by atoms with van der Waals surface area (Å²) in [4.78, 5) is 15.7. The summed E-state index contributed by atoms with van der Waals surface area (Å²) in [6.45, 7) is 4.40. The van der Waals surface area contributed by atoms with Gasteiger partial charge in [0, 0.05) is 10.9 Å². The van der Waals surface area contributed by atoms with Crippen molar-refractivity contribution >= 4 is 22.4 Å². The summed E-state index contributed by atoms with van der Waals surface area (Å²) in [5, 5.41) is 13.5. The number of hydrogen-bond donors (Lipinski definition) is 1. The molecule has 5 heteroatoms. The average molecular weight is 299 g/mol. The van der Waals surface area contributed by atoms with Gasteiger partial charge < -0.3 is 5.32 Å². The van der Waals surface area contributed by atoms with Crippen molar-refractivity contribution < 1.29 is 4.79 Å². The van der Waals surface area contributed by atoms with Crippen LogP contribution < -0.4 is 5.32 Å². The van der Waals surface area contributed by atoms with Crippen molar-refractivity contribution in [1.82, 2.24) is 4.98 Å². The first-order chi connectivity index (χ1) is 10.1. The minimum Gasteiger partial charge on any atom is -0.301 e. The Balaban J connectivity index is 2.07. The second-order valence-electron chi connectivity index (χ2n) is 5.22. The van der Waals surface area contributed by atoms with E-state index >= 15 is 0 Å². The van der Waals surface area contributed by atoms with Gasteiger partial charge in [0.2, 0.25) is 5.91 Å². The van der Waals surface area contributed by atoms with Crippen molar-refractivity contribution in [2.24, 2.45) is 5.92 Å². The predicted molar refractivity (Wildman–Crippen MR) is 85.0 cm³/mol. The van der Waals surface area contributed by atoms with Gasteiger partial charge >= 0.3 is 0 Å². The van der Waals surface area contributed by atoms with E-state index in [0.29, 0.717) is 11.0 Å². The highest BCUT2D eigenvalue weighted by molar-refractivity contribution is 7.14. The van der Waals surface area contributed by atoms with E-state index in [4.69, 9.17) is 5.26 Å². The molecular weight excluding hydrogens is 282 g/mol. The second-order valence-corrected chi connectivity index (χ2v) is 6.07. The summed E-state index contributed by atoms with van der Waals surface area (Å²) < 4.78 is 0. The molecule has 0 fully saturated rings. The van der Waals surface area contributed by atoms with Crippen molar-refractivity contribution in [3.05, 3.63) is 35.2 Å². The maximum Gasteiger partial charge on any atom is 0.240 e. The van der Waals surface area contributed by atoms with Crippen LogP contribution in [-0.4, -0.2) is 10.9 Å². The molecule has 1 amide bonds. The summed E-state index contributed by atoms with van der Waals surface area (Å²) in [7, 11) is 0. The van der Waals surface area contributed by atoms with Gasteiger partial charge in [0.05, 0.1) is 11.8 Å². The first-order valence-corrected chi connectivity index (χ1v) is 7.68. The van der Waals surface area contributed by atoms with Gasteiger partial charge in [0.1, 0.15) is 6.42 Å². The number of thiazole rings is 1. The Morgan fingerprint density at radius 3 is 2.71 bits per heavy atom. The minimum atomic E-state index is -0.328. The first-order valence-electron chi connectivity index (χ1n) is 6.80. The van der Waals surface area contributed by atoms with Gasteiger partial charge in [-0.3, -0.25) is 4.79 Å². The predicted octanol–water partition coefficient (Wildman–Crippen LogP) is 3.86. The topological polar surface area (TPSA) is 65.8 Å². The molecule has 1 aromatic carbocycles. The fourth-order valence-corrected chi connectivity index (χ4v) is 2.72. The van der Waals surface area contributed by atoms with E-state index in [1.165, 1.54) is 16.9 Å². The van der Waals surface area contributed by atoms with E-state index < -0.39 is 0 Å². The van der Waals surface area contributed by atoms with Crippen LogP contribution in [0.15, 0.2) is 29.6 Å². The summed E-state index contributed by atoms with van der Waals surface area (Å²) in [5.74, 6) is 0.308. The quantitative estimate of drug-likeness (QED) is 0.911. The molecule has 4 nitrogen and oxygen atoms in total. The molecule has 0 saturated carbocycles. The number of nitriles is 1. The van der Waals surface area contributed by atoms with E-state index in [-0.39, 0.29) is 12.3 Å². The lowest BCUT2D eigenvalue weighted by Crippen LogP contribution is -2.09. The van der Waals surface area contributed by atoms with E-state index in [1.807, 2.05) is 23.6 Å². The van der Waals surface area contributed by atoms with Gasteiger partial charge in [-0.1, -0.05) is 38.1 Å². The lowest BCUT2D eigenvalue weighted by Gasteiger charge is -2.05. The summed E-state index contributed by atoms with van der Waals surface area (Å²) >= 11 is 1.36. The van der Waals surface area contributed by atoms with Crippen LogP contribution in [0.1, 0.15) is 25.8 Å². The van der Waals surface area contributed by atoms with E-state index in [0.717, 1.165) is 17.7 Å². The molecule has 0 bridgehead atoms. The summed E-state index contributed by atoms with van der Waals surface area (Å²) in [6, 6.07) is 10.1. The Hall–Kier alpha value is -2.19. The Bertz CT molecular complexity index is 653. The van der Waals surface area contributed by atoms with Crippen LogP contribution in [0.25, 0.3) is 11.3 Å². The number of rotatable bonds is 5. The SMILES string of the molecule is CC(C)Cc1ccc(-c2csc(NC(=O)CC#N)n2)cc1. The summed E-state index contributed by atoms with van der Waals surface area (Å²) in [6.07, 6.45) is 0.908. The van der Waals surface area contributed by atoms with Crippen LogP contribution in [0.3, 0.4) is 0 Å². The molecule has 0 aliphatic heterocycles. The third-order valence-corrected chi connectivity index (χ3v) is 3.64. The second kappa shape index (κ2) is 7.00. The lowest BCUT2D eigenvalue weighted by atomic mass is 10.0. The molecule has 21 heavy (non-hydrogen) atoms. The number of aromatic nitrogens is 1. The van der Waals surface area contributed by atoms with E-state index in [9.17, 15) is 4.79 Å². The molecule has 1 N–H and O–H groups in total. The van der Waals surface area contributed by atoms with Crippen LogP contribution in [0.5, 0.6) is 0 Å². The zero-order valence-electron chi connectivity index (χ0n) is 12.1. The number of benzene rings is 1. The monoisotopic (exact) mass is 299 g/mol. The molecule has 0 radical (unpaired) electrons. The first kappa shape index (κ1) is 15.2. The number of carbonyl (C=O) groups is 1. The maximum absolute atomic E-state index is 11.3. The van der Waals surface area contributed by atoms with Crippen LogP contribution in [0.4, 0.5) is 5.13 Å². The highest BCUT2D eigenvalue weighted by Crippen LogP contribution is 2.25. The third kappa shape index (κ3) is 4.40. The van der Waals surface area contributed by atoms with Crippen molar-refractivity contribution in [2.75, 3.05) is 5.32 Å². The molecule has 1 heterocycles. The van der Waals surface area contributed by atoms with Crippen molar-refractivity contribution in [3.63, 3.8) is 0 Å². The molecule has 0 spiro atoms. The number of carbonyl (C=O) groups excluding carboxylic acids is 1. The lowest BCUT2D eigenvalue weighted by molar-refractivity contribution is -0.115. The zero-order valence-corrected chi connectivity index (χ0v) is 12.9. The number of nitrogens with zero attached hydrogens (tertiary/aromatic N) is 2. The molecule has 0 aliphatic rings. The molecule has 0 unspecified atom stereocenters. The van der Waals surface area contributed by atoms with Gasteiger partial charge in [-0.15, -0.1) is 11.3 Å².